The molecule has 2 saturated carbocycles. The second-order valence-electron chi connectivity index (χ2n) is 10.8. The lowest BCUT2D eigenvalue weighted by Gasteiger charge is -2.33. The van der Waals surface area contributed by atoms with Crippen LogP contribution in [0, 0.1) is 0 Å². The topological polar surface area (TPSA) is 66.8 Å². The first kappa shape index (κ1) is 23.1. The Labute approximate surface area is 213 Å². The van der Waals surface area contributed by atoms with E-state index in [1.807, 2.05) is 36.4 Å². The van der Waals surface area contributed by atoms with E-state index in [1.165, 1.54) is 38.5 Å². The van der Waals surface area contributed by atoms with Crippen LogP contribution in [0.3, 0.4) is 0 Å². The number of carbonyl (C=O) groups excluding carboxylic acids is 1. The van der Waals surface area contributed by atoms with E-state index in [9.17, 15) is 15.0 Å². The maximum Gasteiger partial charge on any atom is 0.340 e. The molecule has 0 spiro atoms. The molecule has 3 aromatic carbocycles. The molecule has 6 rings (SSSR count). The summed E-state index contributed by atoms with van der Waals surface area (Å²) in [5, 5.41) is 21.7. The molecule has 3 aromatic rings. The molecule has 1 heterocycles. The van der Waals surface area contributed by atoms with Gasteiger partial charge in [0.1, 0.15) is 11.5 Å². The van der Waals surface area contributed by atoms with E-state index in [2.05, 4.69) is 12.1 Å². The highest BCUT2D eigenvalue weighted by molar-refractivity contribution is 5.96. The monoisotopic (exact) mass is 482 g/mol. The number of phenolic OH excluding ortho intramolecular Hbond substituents is 2. The zero-order valence-electron chi connectivity index (χ0n) is 20.7. The van der Waals surface area contributed by atoms with Gasteiger partial charge >= 0.3 is 5.97 Å². The second-order valence-corrected chi connectivity index (χ2v) is 10.8. The minimum absolute atomic E-state index is 0.306. The standard InChI is InChI=1S/C32H34O4/c33-29-17-15-23(19-26(29)21-9-3-1-4-10-21)32(28-14-8-7-13-25(28)31(35)36-32)24-16-18-30(34)27(20-24)22-11-5-2-6-12-22/h7-8,13-22,33-34H,1-6,9-12H2. The van der Waals surface area contributed by atoms with Gasteiger partial charge < -0.3 is 14.9 Å². The van der Waals surface area contributed by atoms with Crippen LogP contribution in [0.25, 0.3) is 0 Å². The number of benzene rings is 3. The molecule has 36 heavy (non-hydrogen) atoms. The molecular weight excluding hydrogens is 448 g/mol. The Bertz CT molecular complexity index is 1210. The van der Waals surface area contributed by atoms with E-state index < -0.39 is 5.60 Å². The molecule has 4 heteroatoms. The second kappa shape index (κ2) is 9.31. The molecule has 2 N–H and O–H groups in total. The minimum atomic E-state index is -1.12. The van der Waals surface area contributed by atoms with Crippen molar-refractivity contribution in [3.8, 4) is 11.5 Å². The van der Waals surface area contributed by atoms with Gasteiger partial charge in [0.15, 0.2) is 5.60 Å². The summed E-state index contributed by atoms with van der Waals surface area (Å²) >= 11 is 0. The molecule has 0 atom stereocenters. The fraction of sp³-hybridized carbons (Fsp3) is 0.406. The molecule has 0 saturated heterocycles. The number of fused-ring (bicyclic) bond motifs is 1. The van der Waals surface area contributed by atoms with Gasteiger partial charge in [-0.2, -0.15) is 0 Å². The van der Waals surface area contributed by atoms with Crippen LogP contribution in [-0.2, 0) is 10.3 Å². The zero-order valence-corrected chi connectivity index (χ0v) is 20.7. The van der Waals surface area contributed by atoms with Crippen LogP contribution >= 0.6 is 0 Å². The number of ether oxygens (including phenoxy) is 1. The molecule has 2 fully saturated rings. The summed E-state index contributed by atoms with van der Waals surface area (Å²) in [5.74, 6) is 0.894. The maximum atomic E-state index is 13.2. The third kappa shape index (κ3) is 3.78. The zero-order chi connectivity index (χ0) is 24.7. The number of hydrogen-bond donors (Lipinski definition) is 2. The van der Waals surface area contributed by atoms with Gasteiger partial charge in [-0.15, -0.1) is 0 Å². The summed E-state index contributed by atoms with van der Waals surface area (Å²) in [6.07, 6.45) is 11.4. The quantitative estimate of drug-likeness (QED) is 0.375. The summed E-state index contributed by atoms with van der Waals surface area (Å²) in [6.45, 7) is 0. The van der Waals surface area contributed by atoms with Crippen molar-refractivity contribution in [2.24, 2.45) is 0 Å². The molecule has 3 aliphatic rings. The number of rotatable bonds is 4. The minimum Gasteiger partial charge on any atom is -0.508 e. The molecule has 0 amide bonds. The van der Waals surface area contributed by atoms with Crippen LogP contribution in [-0.4, -0.2) is 16.2 Å². The predicted molar refractivity (Wildman–Crippen MR) is 140 cm³/mol. The molecule has 1 aliphatic heterocycles. The largest absolute Gasteiger partial charge is 0.508 e. The first-order chi connectivity index (χ1) is 17.6. The van der Waals surface area contributed by atoms with Gasteiger partial charge in [-0.3, -0.25) is 0 Å². The van der Waals surface area contributed by atoms with Crippen LogP contribution < -0.4 is 0 Å². The average molecular weight is 483 g/mol. The van der Waals surface area contributed by atoms with Crippen molar-refractivity contribution < 1.29 is 19.7 Å². The lowest BCUT2D eigenvalue weighted by molar-refractivity contribution is 0.0250. The predicted octanol–water partition coefficient (Wildman–Crippen LogP) is 7.66. The lowest BCUT2D eigenvalue weighted by Crippen LogP contribution is -2.30. The Morgan fingerprint density at radius 3 is 1.69 bits per heavy atom. The Balaban J connectivity index is 1.55. The van der Waals surface area contributed by atoms with E-state index in [-0.39, 0.29) is 5.97 Å². The fourth-order valence-electron chi connectivity index (χ4n) is 6.84. The van der Waals surface area contributed by atoms with Crippen molar-refractivity contribution in [2.45, 2.75) is 81.6 Å². The van der Waals surface area contributed by atoms with E-state index in [1.54, 1.807) is 12.1 Å². The van der Waals surface area contributed by atoms with Crippen LogP contribution in [0.2, 0.25) is 0 Å². The van der Waals surface area contributed by atoms with Gasteiger partial charge in [0.2, 0.25) is 0 Å². The summed E-state index contributed by atoms with van der Waals surface area (Å²) in [5.41, 5.74) is 3.84. The molecule has 0 unspecified atom stereocenters. The van der Waals surface area contributed by atoms with Crippen LogP contribution in [0.1, 0.15) is 114 Å². The first-order valence-corrected chi connectivity index (χ1v) is 13.6. The molecule has 0 radical (unpaired) electrons. The SMILES string of the molecule is O=C1OC(c2ccc(O)c(C3CCCCC3)c2)(c2ccc(O)c(C3CCCCC3)c2)c2ccccc21. The fourth-order valence-corrected chi connectivity index (χ4v) is 6.84. The Kier molecular flexibility index (Phi) is 5.99. The Morgan fingerprint density at radius 2 is 1.17 bits per heavy atom. The lowest BCUT2D eigenvalue weighted by atomic mass is 9.75. The highest BCUT2D eigenvalue weighted by Gasteiger charge is 2.49. The van der Waals surface area contributed by atoms with E-state index in [0.29, 0.717) is 28.9 Å². The third-order valence-electron chi connectivity index (χ3n) is 8.73. The molecule has 0 aromatic heterocycles. The summed E-state index contributed by atoms with van der Waals surface area (Å²) < 4.78 is 6.35. The van der Waals surface area contributed by atoms with Crippen molar-refractivity contribution in [3.05, 3.63) is 94.0 Å². The van der Waals surface area contributed by atoms with Gasteiger partial charge in [-0.25, -0.2) is 4.79 Å². The van der Waals surface area contributed by atoms with E-state index in [0.717, 1.165) is 53.5 Å². The molecule has 2 aliphatic carbocycles. The Hall–Kier alpha value is -3.27. The van der Waals surface area contributed by atoms with Crippen LogP contribution in [0.5, 0.6) is 11.5 Å². The maximum absolute atomic E-state index is 13.2. The normalized spacial score (nSPS) is 20.2. The highest BCUT2D eigenvalue weighted by Crippen LogP contribution is 2.50. The number of aromatic hydroxyl groups is 2. The highest BCUT2D eigenvalue weighted by atomic mass is 16.6. The summed E-state index contributed by atoms with van der Waals surface area (Å²) in [4.78, 5) is 13.2. The smallest absolute Gasteiger partial charge is 0.340 e. The number of phenols is 2. The van der Waals surface area contributed by atoms with Crippen molar-refractivity contribution in [3.63, 3.8) is 0 Å². The van der Waals surface area contributed by atoms with Gasteiger partial charge in [-0.05, 0) is 79.0 Å². The van der Waals surface area contributed by atoms with Crippen molar-refractivity contribution in [1.29, 1.82) is 0 Å². The van der Waals surface area contributed by atoms with Crippen molar-refractivity contribution in [2.75, 3.05) is 0 Å². The molecule has 4 nitrogen and oxygen atoms in total. The summed E-state index contributed by atoms with van der Waals surface area (Å²) in [6, 6.07) is 19.0. The van der Waals surface area contributed by atoms with Crippen molar-refractivity contribution in [1.82, 2.24) is 0 Å². The molecule has 0 bridgehead atoms. The first-order valence-electron chi connectivity index (χ1n) is 13.6. The van der Waals surface area contributed by atoms with E-state index >= 15 is 0 Å². The van der Waals surface area contributed by atoms with Gasteiger partial charge in [-0.1, -0.05) is 68.9 Å². The number of hydrogen-bond acceptors (Lipinski definition) is 4. The average Bonchev–Trinajstić information content (AvgIpc) is 3.23. The Morgan fingerprint density at radius 1 is 0.667 bits per heavy atom. The van der Waals surface area contributed by atoms with Gasteiger partial charge in [0.05, 0.1) is 5.56 Å². The van der Waals surface area contributed by atoms with E-state index in [4.69, 9.17) is 4.74 Å². The number of cyclic esters (lactones) is 1. The summed E-state index contributed by atoms with van der Waals surface area (Å²) in [7, 11) is 0. The van der Waals surface area contributed by atoms with Crippen molar-refractivity contribution >= 4 is 5.97 Å². The molecule has 186 valence electrons. The third-order valence-corrected chi connectivity index (χ3v) is 8.73. The number of carbonyl (C=O) groups is 1. The molecular formula is C32H34O4. The number of esters is 1. The van der Waals surface area contributed by atoms with Crippen LogP contribution in [0.4, 0.5) is 0 Å². The van der Waals surface area contributed by atoms with Crippen LogP contribution in [0.15, 0.2) is 60.7 Å². The van der Waals surface area contributed by atoms with Gasteiger partial charge in [0.25, 0.3) is 0 Å². The van der Waals surface area contributed by atoms with Gasteiger partial charge in [0, 0.05) is 16.7 Å².